The van der Waals surface area contributed by atoms with Gasteiger partial charge in [-0.05, 0) is 89.4 Å². The summed E-state index contributed by atoms with van der Waals surface area (Å²) in [6.07, 6.45) is 2.43. The number of thiol groups is 1. The fourth-order valence-corrected chi connectivity index (χ4v) is 4.08. The van der Waals surface area contributed by atoms with E-state index in [1.807, 2.05) is 89.7 Å². The number of ether oxygens (including phenoxy) is 1. The summed E-state index contributed by atoms with van der Waals surface area (Å²) in [7, 11) is 6.65. The lowest BCUT2D eigenvalue weighted by molar-refractivity contribution is 0.198. The van der Waals surface area contributed by atoms with Crippen LogP contribution >= 0.6 is 31.0 Å². The van der Waals surface area contributed by atoms with Gasteiger partial charge in [-0.25, -0.2) is 0 Å². The number of rotatable bonds is 4. The number of nitrogens with zero attached hydrogens (tertiary/aromatic N) is 1. The largest absolute Gasteiger partial charge is 0.492 e. The molecule has 0 spiro atoms. The molecule has 6 nitrogen and oxygen atoms in total. The molecule has 0 aliphatic carbocycles. The van der Waals surface area contributed by atoms with Crippen molar-refractivity contribution in [2.75, 3.05) is 27.3 Å². The number of aliphatic hydroxyl groups is 1. The number of halogens is 1. The van der Waals surface area contributed by atoms with Crippen LogP contribution in [0.15, 0.2) is 59.4 Å². The molecular formula is C26H34IN3O3S. The van der Waals surface area contributed by atoms with E-state index in [9.17, 15) is 4.79 Å². The molecule has 0 bridgehead atoms. The van der Waals surface area contributed by atoms with Crippen LogP contribution in [0.5, 0.6) is 5.75 Å². The van der Waals surface area contributed by atoms with Crippen LogP contribution in [0.3, 0.4) is 0 Å². The highest BCUT2D eigenvalue weighted by Crippen LogP contribution is 2.27. The Hall–Kier alpha value is -2.01. The fourth-order valence-electron chi connectivity index (χ4n) is 4.08. The van der Waals surface area contributed by atoms with Gasteiger partial charge in [0.15, 0.2) is 0 Å². The average Bonchev–Trinajstić information content (AvgIpc) is 3.51. The maximum atomic E-state index is 12.6. The predicted octanol–water partition coefficient (Wildman–Crippen LogP) is 6.05. The number of fused-ring (bicyclic) bond motifs is 2. The molecule has 1 aliphatic rings. The van der Waals surface area contributed by atoms with Crippen molar-refractivity contribution in [3.05, 3.63) is 65.0 Å². The van der Waals surface area contributed by atoms with E-state index in [1.165, 1.54) is 12.8 Å². The number of aromatic amines is 2. The molecule has 4 aromatic rings. The number of pyridine rings is 1. The van der Waals surface area contributed by atoms with E-state index >= 15 is 0 Å². The molecule has 8 heteroatoms. The molecule has 0 amide bonds. The fraction of sp³-hybridized carbons (Fsp3) is 0.346. The first-order valence-corrected chi connectivity index (χ1v) is 14.6. The molecule has 1 atom stereocenters. The third-order valence-corrected chi connectivity index (χ3v) is 5.75. The van der Waals surface area contributed by atoms with Gasteiger partial charge < -0.3 is 24.7 Å². The molecule has 2 aromatic heterocycles. The summed E-state index contributed by atoms with van der Waals surface area (Å²) < 4.78 is 6.04. The molecule has 34 heavy (non-hydrogen) atoms. The molecule has 184 valence electrons. The summed E-state index contributed by atoms with van der Waals surface area (Å²) in [4.78, 5) is 21.2. The van der Waals surface area contributed by atoms with Crippen molar-refractivity contribution in [3.8, 4) is 17.0 Å². The molecule has 0 saturated carbocycles. The first-order valence-electron chi connectivity index (χ1n) is 11.4. The molecular weight excluding hydrogens is 561 g/mol. The molecule has 1 saturated heterocycles. The first kappa shape index (κ1) is 28.2. The van der Waals surface area contributed by atoms with Crippen LogP contribution in [0, 0.1) is 0 Å². The predicted molar refractivity (Wildman–Crippen MR) is 156 cm³/mol. The maximum absolute atomic E-state index is 12.6. The van der Waals surface area contributed by atoms with Crippen molar-refractivity contribution in [1.82, 2.24) is 14.9 Å². The molecule has 5 rings (SSSR count). The van der Waals surface area contributed by atoms with Crippen LogP contribution in [0.1, 0.15) is 26.7 Å². The lowest BCUT2D eigenvalue weighted by atomic mass is 10.1. The lowest BCUT2D eigenvalue weighted by Gasteiger charge is -2.19. The zero-order valence-electron chi connectivity index (χ0n) is 20.1. The smallest absolute Gasteiger partial charge is 0.257 e. The molecule has 2 aromatic carbocycles. The van der Waals surface area contributed by atoms with Crippen molar-refractivity contribution in [3.63, 3.8) is 0 Å². The third-order valence-electron chi connectivity index (χ3n) is 5.75. The van der Waals surface area contributed by atoms with Crippen LogP contribution in [-0.2, 0) is 0 Å². The Kier molecular flexibility index (Phi) is 12.0. The van der Waals surface area contributed by atoms with Crippen molar-refractivity contribution in [2.24, 2.45) is 0 Å². The molecule has 0 radical (unpaired) electrons. The van der Waals surface area contributed by atoms with Gasteiger partial charge in [0.2, 0.25) is 0 Å². The van der Waals surface area contributed by atoms with Gasteiger partial charge in [-0.1, -0.05) is 32.0 Å². The van der Waals surface area contributed by atoms with E-state index in [-0.39, 0.29) is 5.56 Å². The highest BCUT2D eigenvalue weighted by atomic mass is 127. The van der Waals surface area contributed by atoms with E-state index in [0.717, 1.165) is 46.9 Å². The summed E-state index contributed by atoms with van der Waals surface area (Å²) >= 11 is 1.84. The van der Waals surface area contributed by atoms with Crippen molar-refractivity contribution in [2.45, 2.75) is 32.7 Å². The van der Waals surface area contributed by atoms with Gasteiger partial charge in [-0.3, -0.25) is 4.79 Å². The van der Waals surface area contributed by atoms with Crippen LogP contribution in [0.4, 0.5) is 0 Å². The summed E-state index contributed by atoms with van der Waals surface area (Å²) in [5, 5.41) is 9.06. The van der Waals surface area contributed by atoms with Crippen molar-refractivity contribution in [1.29, 1.82) is 0 Å². The molecule has 3 N–H and O–H groups in total. The highest BCUT2D eigenvalue weighted by molar-refractivity contribution is 14.2. The zero-order valence-corrected chi connectivity index (χ0v) is 23.2. The van der Waals surface area contributed by atoms with Gasteiger partial charge >= 0.3 is 0 Å². The highest BCUT2D eigenvalue weighted by Gasteiger charge is 2.21. The minimum absolute atomic E-state index is 0.0917. The van der Waals surface area contributed by atoms with E-state index < -0.39 is 0 Å². The summed E-state index contributed by atoms with van der Waals surface area (Å²) in [6.45, 7) is 5.86. The second kappa shape index (κ2) is 14.4. The van der Waals surface area contributed by atoms with Crippen LogP contribution in [0.2, 0.25) is 0 Å². The number of nitrogens with one attached hydrogen (secondary N) is 2. The van der Waals surface area contributed by atoms with Gasteiger partial charge in [0.1, 0.15) is 12.4 Å². The van der Waals surface area contributed by atoms with E-state index in [4.69, 9.17) is 9.84 Å². The van der Waals surface area contributed by atoms with Gasteiger partial charge in [0, 0.05) is 29.6 Å². The lowest BCUT2D eigenvalue weighted by Crippen LogP contribution is -2.30. The van der Waals surface area contributed by atoms with Crippen molar-refractivity contribution < 1.29 is 9.84 Å². The third kappa shape index (κ3) is 6.78. The topological polar surface area (TPSA) is 81.3 Å². The SMILES string of the molecule is CC.CN1CCC[C@H]1COc1ccc2[nH]c(-c3cc4ccccc4[nH]c3=O)cc2c1.CO.SI. The van der Waals surface area contributed by atoms with Crippen LogP contribution in [-0.4, -0.2) is 53.3 Å². The molecule has 1 fully saturated rings. The normalized spacial score (nSPS) is 15.0. The van der Waals surface area contributed by atoms with Crippen LogP contribution in [0.25, 0.3) is 33.1 Å². The summed E-state index contributed by atoms with van der Waals surface area (Å²) in [5.74, 6) is 0.866. The first-order chi connectivity index (χ1) is 16.7. The number of aromatic nitrogens is 2. The molecule has 0 unspecified atom stereocenters. The number of benzene rings is 2. The Balaban J connectivity index is 0.000000633. The number of likely N-dealkylation sites (N-methyl/N-ethyl adjacent to an activating group) is 1. The number of H-pyrrole nitrogens is 2. The Morgan fingerprint density at radius 1 is 1.03 bits per heavy atom. The maximum Gasteiger partial charge on any atom is 0.257 e. The van der Waals surface area contributed by atoms with E-state index in [0.29, 0.717) is 18.2 Å². The average molecular weight is 596 g/mol. The minimum atomic E-state index is -0.0917. The standard InChI is InChI=1S/C23H23N3O2.C2H6.CH4O.HIS/c1-26-10-4-6-17(26)14-28-18-8-9-21-16(11-18)13-22(24-21)19-12-15-5-2-3-7-20(15)25-23(19)27;3*1-2/h2-3,5,7-9,11-13,17,24H,4,6,10,14H2,1H3,(H,25,27);1-2H3;2H,1H3;2H/t17-;;;/m0.../s1. The number of hydrogen-bond donors (Lipinski definition) is 4. The van der Waals surface area contributed by atoms with Crippen molar-refractivity contribution >= 4 is 52.8 Å². The Morgan fingerprint density at radius 3 is 2.44 bits per heavy atom. The van der Waals surface area contributed by atoms with Gasteiger partial charge in [-0.2, -0.15) is 0 Å². The Labute approximate surface area is 218 Å². The summed E-state index contributed by atoms with van der Waals surface area (Å²) in [5.41, 5.74) is 3.21. The summed E-state index contributed by atoms with van der Waals surface area (Å²) in [6, 6.07) is 18.3. The number of hydrogen-bond acceptors (Lipinski definition) is 5. The number of likely N-dealkylation sites (tertiary alicyclic amines) is 1. The van der Waals surface area contributed by atoms with E-state index in [1.54, 1.807) is 0 Å². The molecule has 1 aliphatic heterocycles. The quantitative estimate of drug-likeness (QED) is 0.171. The minimum Gasteiger partial charge on any atom is -0.492 e. The Bertz CT molecular complexity index is 1220. The van der Waals surface area contributed by atoms with Gasteiger partial charge in [0.05, 0.1) is 11.3 Å². The monoisotopic (exact) mass is 595 g/mol. The van der Waals surface area contributed by atoms with E-state index in [2.05, 4.69) is 31.7 Å². The zero-order chi connectivity index (χ0) is 25.1. The van der Waals surface area contributed by atoms with Crippen LogP contribution < -0.4 is 10.3 Å². The Morgan fingerprint density at radius 2 is 1.74 bits per heavy atom. The second-order valence-corrected chi connectivity index (χ2v) is 7.62. The molecule has 3 heterocycles. The number of aliphatic hydroxyl groups excluding tert-OH is 1. The second-order valence-electron chi connectivity index (χ2n) is 7.62. The van der Waals surface area contributed by atoms with Gasteiger partial charge in [0.25, 0.3) is 5.56 Å². The van der Waals surface area contributed by atoms with Gasteiger partial charge in [-0.15, -0.1) is 9.80 Å². The number of para-hydroxylation sites is 1.